The van der Waals surface area contributed by atoms with E-state index in [1.165, 1.54) is 29.3 Å². The molecule has 0 spiro atoms. The lowest BCUT2D eigenvalue weighted by molar-refractivity contribution is -0.0600. The molecular formula is C17H16F3N3O2S. The van der Waals surface area contributed by atoms with Crippen molar-refractivity contribution in [1.82, 2.24) is 0 Å². The normalized spacial score (nSPS) is 18.1. The second kappa shape index (κ2) is 6.40. The van der Waals surface area contributed by atoms with Crippen molar-refractivity contribution in [3.05, 3.63) is 59.7 Å². The third-order valence-electron chi connectivity index (χ3n) is 4.21. The Kier molecular flexibility index (Phi) is 4.53. The van der Waals surface area contributed by atoms with E-state index in [2.05, 4.69) is 5.10 Å². The largest absolute Gasteiger partial charge is 0.431 e. The van der Waals surface area contributed by atoms with E-state index >= 15 is 0 Å². The second-order valence-electron chi connectivity index (χ2n) is 6.00. The first-order chi connectivity index (χ1) is 12.1. The lowest BCUT2D eigenvalue weighted by Gasteiger charge is -2.25. The van der Waals surface area contributed by atoms with Gasteiger partial charge in [0.05, 0.1) is 16.6 Å². The maximum Gasteiger partial charge on any atom is 0.431 e. The van der Waals surface area contributed by atoms with Crippen LogP contribution in [0.5, 0.6) is 0 Å². The second-order valence-corrected chi connectivity index (χ2v) is 7.57. The number of hydrazone groups is 1. The van der Waals surface area contributed by atoms with Crippen LogP contribution in [0.4, 0.5) is 18.9 Å². The van der Waals surface area contributed by atoms with Gasteiger partial charge in [-0.1, -0.05) is 24.3 Å². The van der Waals surface area contributed by atoms with Crippen LogP contribution in [0.3, 0.4) is 0 Å². The zero-order chi connectivity index (χ0) is 19.1. The number of nitrogens with two attached hydrogens (primary N) is 1. The molecule has 1 atom stereocenters. The Morgan fingerprint density at radius 1 is 1.12 bits per heavy atom. The van der Waals surface area contributed by atoms with Gasteiger partial charge < -0.3 is 0 Å². The van der Waals surface area contributed by atoms with Crippen LogP contribution in [0, 0.1) is 6.92 Å². The Morgan fingerprint density at radius 3 is 2.27 bits per heavy atom. The number of sulfonamides is 1. The molecule has 2 aromatic carbocycles. The predicted octanol–water partition coefficient (Wildman–Crippen LogP) is 3.51. The summed E-state index contributed by atoms with van der Waals surface area (Å²) in [5, 5.41) is 10.1. The molecule has 0 aromatic heterocycles. The SMILES string of the molecule is Cc1ccccc1C1CC(C(F)(F)F)=NN1c1ccc(S(N)(=O)=O)cc1. The number of primary sulfonamides is 1. The highest BCUT2D eigenvalue weighted by Gasteiger charge is 2.43. The fourth-order valence-corrected chi connectivity index (χ4v) is 3.43. The highest BCUT2D eigenvalue weighted by Crippen LogP contribution is 2.40. The zero-order valence-corrected chi connectivity index (χ0v) is 14.6. The van der Waals surface area contributed by atoms with Crippen LogP contribution in [0.25, 0.3) is 0 Å². The average Bonchev–Trinajstić information content (AvgIpc) is 3.00. The Bertz CT molecular complexity index is 954. The van der Waals surface area contributed by atoms with Crippen molar-refractivity contribution in [3.63, 3.8) is 0 Å². The molecule has 2 aromatic rings. The lowest BCUT2D eigenvalue weighted by atomic mass is 9.97. The number of hydrogen-bond acceptors (Lipinski definition) is 4. The molecule has 1 unspecified atom stereocenters. The van der Waals surface area contributed by atoms with Gasteiger partial charge in [0.15, 0.2) is 0 Å². The molecule has 0 radical (unpaired) electrons. The van der Waals surface area contributed by atoms with Gasteiger partial charge in [-0.25, -0.2) is 13.6 Å². The van der Waals surface area contributed by atoms with E-state index in [0.29, 0.717) is 5.69 Å². The summed E-state index contributed by atoms with van der Waals surface area (Å²) in [5.74, 6) is 0. The molecule has 0 saturated heterocycles. The fraction of sp³-hybridized carbons (Fsp3) is 0.235. The van der Waals surface area contributed by atoms with Crippen molar-refractivity contribution in [3.8, 4) is 0 Å². The molecule has 0 aliphatic carbocycles. The zero-order valence-electron chi connectivity index (χ0n) is 13.7. The summed E-state index contributed by atoms with van der Waals surface area (Å²) in [4.78, 5) is -0.118. The van der Waals surface area contributed by atoms with Crippen LogP contribution >= 0.6 is 0 Å². The average molecular weight is 383 g/mol. The molecule has 138 valence electrons. The summed E-state index contributed by atoms with van der Waals surface area (Å²) in [6, 6.07) is 11.8. The third kappa shape index (κ3) is 3.58. The summed E-state index contributed by atoms with van der Waals surface area (Å²) in [6.07, 6.45) is -4.82. The number of halogens is 3. The van der Waals surface area contributed by atoms with Crippen molar-refractivity contribution >= 4 is 21.4 Å². The van der Waals surface area contributed by atoms with Crippen LogP contribution in [0.15, 0.2) is 58.5 Å². The standard InChI is InChI=1S/C17H16F3N3O2S/c1-11-4-2-3-5-14(11)15-10-16(17(18,19)20)22-23(15)12-6-8-13(9-7-12)26(21,24)25/h2-9,15H,10H2,1H3,(H2,21,24,25). The van der Waals surface area contributed by atoms with E-state index in [4.69, 9.17) is 5.14 Å². The van der Waals surface area contributed by atoms with Crippen molar-refractivity contribution in [2.45, 2.75) is 30.5 Å². The molecule has 3 rings (SSSR count). The number of nitrogens with zero attached hydrogens (tertiary/aromatic N) is 2. The molecule has 0 fully saturated rings. The summed E-state index contributed by atoms with van der Waals surface area (Å²) in [5.41, 5.74) is 1.06. The number of benzene rings is 2. The summed E-state index contributed by atoms with van der Waals surface area (Å²) < 4.78 is 62.4. The minimum Gasteiger partial charge on any atom is -0.257 e. The van der Waals surface area contributed by atoms with E-state index in [-0.39, 0.29) is 11.3 Å². The lowest BCUT2D eigenvalue weighted by Crippen LogP contribution is -2.21. The van der Waals surface area contributed by atoms with Crippen molar-refractivity contribution in [1.29, 1.82) is 0 Å². The molecule has 0 saturated carbocycles. The van der Waals surface area contributed by atoms with Gasteiger partial charge >= 0.3 is 6.18 Å². The Balaban J connectivity index is 2.05. The Hall–Kier alpha value is -2.39. The molecule has 1 heterocycles. The number of aryl methyl sites for hydroxylation is 1. The summed E-state index contributed by atoms with van der Waals surface area (Å²) in [7, 11) is -3.88. The van der Waals surface area contributed by atoms with Gasteiger partial charge in [0.1, 0.15) is 5.71 Å². The van der Waals surface area contributed by atoms with Gasteiger partial charge in [-0.15, -0.1) is 0 Å². The van der Waals surface area contributed by atoms with Crippen LogP contribution in [-0.4, -0.2) is 20.3 Å². The van der Waals surface area contributed by atoms with Gasteiger partial charge in [-0.3, -0.25) is 5.01 Å². The van der Waals surface area contributed by atoms with Gasteiger partial charge in [0.25, 0.3) is 0 Å². The predicted molar refractivity (Wildman–Crippen MR) is 92.3 cm³/mol. The highest BCUT2D eigenvalue weighted by atomic mass is 32.2. The van der Waals surface area contributed by atoms with E-state index < -0.39 is 28.0 Å². The maximum atomic E-state index is 13.2. The van der Waals surface area contributed by atoms with Gasteiger partial charge in [0.2, 0.25) is 10.0 Å². The van der Waals surface area contributed by atoms with E-state index in [1.807, 2.05) is 19.1 Å². The maximum absolute atomic E-state index is 13.2. The third-order valence-corrected chi connectivity index (χ3v) is 5.14. The first-order valence-electron chi connectivity index (χ1n) is 7.69. The number of rotatable bonds is 3. The van der Waals surface area contributed by atoms with Crippen molar-refractivity contribution in [2.75, 3.05) is 5.01 Å². The quantitative estimate of drug-likeness (QED) is 0.881. The summed E-state index contributed by atoms with van der Waals surface area (Å²) >= 11 is 0. The highest BCUT2D eigenvalue weighted by molar-refractivity contribution is 7.89. The smallest absolute Gasteiger partial charge is 0.257 e. The molecule has 0 amide bonds. The molecule has 0 bridgehead atoms. The summed E-state index contributed by atoms with van der Waals surface area (Å²) in [6.45, 7) is 1.82. The molecule has 9 heteroatoms. The molecule has 1 aliphatic rings. The number of alkyl halides is 3. The Labute approximate surface area is 149 Å². The van der Waals surface area contributed by atoms with E-state index in [1.54, 1.807) is 12.1 Å². The molecule has 26 heavy (non-hydrogen) atoms. The number of hydrogen-bond donors (Lipinski definition) is 1. The van der Waals surface area contributed by atoms with Gasteiger partial charge in [-0.05, 0) is 42.3 Å². The van der Waals surface area contributed by atoms with Crippen molar-refractivity contribution in [2.24, 2.45) is 10.2 Å². The van der Waals surface area contributed by atoms with Crippen LogP contribution < -0.4 is 10.1 Å². The molecule has 2 N–H and O–H groups in total. The van der Waals surface area contributed by atoms with Gasteiger partial charge in [0, 0.05) is 6.42 Å². The van der Waals surface area contributed by atoms with E-state index in [9.17, 15) is 21.6 Å². The fourth-order valence-electron chi connectivity index (χ4n) is 2.91. The first-order valence-corrected chi connectivity index (χ1v) is 9.24. The monoisotopic (exact) mass is 383 g/mol. The van der Waals surface area contributed by atoms with Gasteiger partial charge in [-0.2, -0.15) is 18.3 Å². The Morgan fingerprint density at radius 2 is 1.73 bits per heavy atom. The van der Waals surface area contributed by atoms with Crippen LogP contribution in [0.1, 0.15) is 23.6 Å². The number of anilines is 1. The molecule has 1 aliphatic heterocycles. The minimum absolute atomic E-state index is 0.118. The van der Waals surface area contributed by atoms with Crippen molar-refractivity contribution < 1.29 is 21.6 Å². The molecule has 5 nitrogen and oxygen atoms in total. The van der Waals surface area contributed by atoms with E-state index in [0.717, 1.165) is 11.1 Å². The van der Waals surface area contributed by atoms with Crippen LogP contribution in [0.2, 0.25) is 0 Å². The van der Waals surface area contributed by atoms with Crippen LogP contribution in [-0.2, 0) is 10.0 Å². The minimum atomic E-state index is -4.53. The molecular weight excluding hydrogens is 367 g/mol. The topological polar surface area (TPSA) is 75.8 Å². The first kappa shape index (κ1) is 18.4.